The van der Waals surface area contributed by atoms with Gasteiger partial charge in [-0.15, -0.1) is 0 Å². The third kappa shape index (κ3) is 6.12. The lowest BCUT2D eigenvalue weighted by Crippen LogP contribution is -2.26. The molecular weight excluding hydrogens is 390 g/mol. The van der Waals surface area contributed by atoms with E-state index in [1.54, 1.807) is 7.11 Å². The van der Waals surface area contributed by atoms with Crippen molar-refractivity contribution in [2.75, 3.05) is 13.7 Å². The zero-order valence-electron chi connectivity index (χ0n) is 17.8. The Kier molecular flexibility index (Phi) is 7.71. The van der Waals surface area contributed by atoms with Crippen LogP contribution in [-0.4, -0.2) is 24.7 Å². The molecule has 0 atom stereocenters. The molecule has 3 rings (SSSR count). The fraction of sp³-hybridized carbons (Fsp3) is 0.192. The first kappa shape index (κ1) is 22.0. The molecule has 0 aliphatic heterocycles. The van der Waals surface area contributed by atoms with E-state index in [-0.39, 0.29) is 11.5 Å². The molecule has 3 aromatic carbocycles. The van der Waals surface area contributed by atoms with Gasteiger partial charge >= 0.3 is 0 Å². The molecule has 1 amide bonds. The average Bonchev–Trinajstić information content (AvgIpc) is 2.80. The van der Waals surface area contributed by atoms with E-state index < -0.39 is 0 Å². The highest BCUT2D eigenvalue weighted by Crippen LogP contribution is 2.29. The Morgan fingerprint density at radius 1 is 0.968 bits per heavy atom. The maximum absolute atomic E-state index is 12.5. The second-order valence-corrected chi connectivity index (χ2v) is 7.17. The highest BCUT2D eigenvalue weighted by atomic mass is 16.5. The maximum Gasteiger partial charge on any atom is 0.255 e. The molecule has 0 bridgehead atoms. The van der Waals surface area contributed by atoms with E-state index in [2.05, 4.69) is 5.32 Å². The Hall–Kier alpha value is -3.73. The normalized spacial score (nSPS) is 11.1. The molecule has 0 unspecified atom stereocenters. The summed E-state index contributed by atoms with van der Waals surface area (Å²) in [5, 5.41) is 12.4. The van der Waals surface area contributed by atoms with Crippen LogP contribution in [0.4, 0.5) is 0 Å². The van der Waals surface area contributed by atoms with Crippen LogP contribution in [0.1, 0.15) is 22.3 Å². The number of ether oxygens (including phenoxy) is 2. The van der Waals surface area contributed by atoms with Crippen LogP contribution in [0, 0.1) is 6.92 Å². The van der Waals surface area contributed by atoms with Crippen molar-refractivity contribution >= 4 is 11.5 Å². The molecule has 0 heterocycles. The molecule has 0 fully saturated rings. The van der Waals surface area contributed by atoms with E-state index in [0.29, 0.717) is 36.6 Å². The quantitative estimate of drug-likeness (QED) is 0.386. The summed E-state index contributed by atoms with van der Waals surface area (Å²) in [6, 6.07) is 23.1. The van der Waals surface area contributed by atoms with Gasteiger partial charge in [0.25, 0.3) is 5.91 Å². The molecule has 31 heavy (non-hydrogen) atoms. The lowest BCUT2D eigenvalue weighted by Gasteiger charge is -2.13. The smallest absolute Gasteiger partial charge is 0.255 e. The van der Waals surface area contributed by atoms with Crippen LogP contribution < -0.4 is 14.8 Å². The number of amides is 1. The van der Waals surface area contributed by atoms with Gasteiger partial charge in [0, 0.05) is 6.54 Å². The van der Waals surface area contributed by atoms with Crippen molar-refractivity contribution in [2.45, 2.75) is 20.0 Å². The van der Waals surface area contributed by atoms with Crippen molar-refractivity contribution in [3.05, 3.63) is 101 Å². The minimum absolute atomic E-state index is 0.238. The van der Waals surface area contributed by atoms with E-state index in [4.69, 9.17) is 9.47 Å². The van der Waals surface area contributed by atoms with Crippen molar-refractivity contribution in [1.82, 2.24) is 5.32 Å². The van der Waals surface area contributed by atoms with Crippen LogP contribution >= 0.6 is 0 Å². The first-order valence-corrected chi connectivity index (χ1v) is 10.1. The molecule has 0 aromatic heterocycles. The van der Waals surface area contributed by atoms with Gasteiger partial charge in [-0.25, -0.2) is 0 Å². The number of carbonyl (C=O) groups excluding carboxylic acids is 1. The fourth-order valence-corrected chi connectivity index (χ4v) is 3.14. The van der Waals surface area contributed by atoms with Gasteiger partial charge in [-0.05, 0) is 42.2 Å². The van der Waals surface area contributed by atoms with E-state index in [1.165, 1.54) is 0 Å². The van der Waals surface area contributed by atoms with Crippen molar-refractivity contribution < 1.29 is 19.4 Å². The van der Waals surface area contributed by atoms with E-state index in [9.17, 15) is 9.90 Å². The number of methoxy groups -OCH3 is 1. The third-order valence-corrected chi connectivity index (χ3v) is 4.90. The summed E-state index contributed by atoms with van der Waals surface area (Å²) in [6.07, 6.45) is 1.47. The summed E-state index contributed by atoms with van der Waals surface area (Å²) in [4.78, 5) is 12.5. The van der Waals surface area contributed by atoms with E-state index in [0.717, 1.165) is 23.0 Å². The van der Waals surface area contributed by atoms with Crippen molar-refractivity contribution in [1.29, 1.82) is 0 Å². The molecule has 0 saturated carbocycles. The van der Waals surface area contributed by atoms with Crippen LogP contribution in [0.25, 0.3) is 5.57 Å². The van der Waals surface area contributed by atoms with Crippen LogP contribution in [0.3, 0.4) is 0 Å². The Bertz CT molecular complexity index is 1030. The predicted octanol–water partition coefficient (Wildman–Crippen LogP) is 4.84. The standard InChI is InChI=1S/C26H27NO4/c1-19-8-11-22(12-9-19)23(17-28)26(29)27-15-14-20-10-13-24(25(16-20)30-2)31-18-21-6-4-3-5-7-21/h3-13,16-17,28H,14-15,18H2,1-2H3,(H,27,29)/b23-17-. The second kappa shape index (κ2) is 10.9. The van der Waals surface area contributed by atoms with Gasteiger partial charge in [0.15, 0.2) is 11.5 Å². The summed E-state index contributed by atoms with van der Waals surface area (Å²) in [7, 11) is 1.61. The monoisotopic (exact) mass is 417 g/mol. The number of aryl methyl sites for hydroxylation is 1. The molecule has 5 nitrogen and oxygen atoms in total. The Balaban J connectivity index is 1.56. The lowest BCUT2D eigenvalue weighted by molar-refractivity contribution is -0.115. The highest BCUT2D eigenvalue weighted by Gasteiger charge is 2.12. The van der Waals surface area contributed by atoms with Crippen LogP contribution in [-0.2, 0) is 17.8 Å². The summed E-state index contributed by atoms with van der Waals surface area (Å²) in [6.45, 7) is 2.86. The van der Waals surface area contributed by atoms with E-state index >= 15 is 0 Å². The minimum Gasteiger partial charge on any atom is -0.515 e. The molecule has 0 aliphatic carbocycles. The summed E-state index contributed by atoms with van der Waals surface area (Å²) in [5.41, 5.74) is 4.09. The molecule has 160 valence electrons. The topological polar surface area (TPSA) is 67.8 Å². The van der Waals surface area contributed by atoms with Gasteiger partial charge in [0.1, 0.15) is 6.61 Å². The van der Waals surface area contributed by atoms with Gasteiger partial charge in [0.2, 0.25) is 0 Å². The largest absolute Gasteiger partial charge is 0.515 e. The van der Waals surface area contributed by atoms with Gasteiger partial charge in [-0.2, -0.15) is 0 Å². The van der Waals surface area contributed by atoms with Crippen molar-refractivity contribution in [3.63, 3.8) is 0 Å². The SMILES string of the molecule is COc1cc(CCNC(=O)/C(=C\O)c2ccc(C)cc2)ccc1OCc1ccccc1. The highest BCUT2D eigenvalue weighted by molar-refractivity contribution is 6.19. The molecule has 0 spiro atoms. The first-order valence-electron chi connectivity index (χ1n) is 10.1. The fourth-order valence-electron chi connectivity index (χ4n) is 3.14. The van der Waals surface area contributed by atoms with Crippen LogP contribution in [0.15, 0.2) is 79.1 Å². The predicted molar refractivity (Wildman–Crippen MR) is 122 cm³/mol. The van der Waals surface area contributed by atoms with E-state index in [1.807, 2.05) is 79.7 Å². The molecule has 5 heteroatoms. The van der Waals surface area contributed by atoms with Gasteiger partial charge in [-0.1, -0.05) is 66.2 Å². The third-order valence-electron chi connectivity index (χ3n) is 4.90. The lowest BCUT2D eigenvalue weighted by atomic mass is 10.0. The molecule has 3 aromatic rings. The number of nitrogens with one attached hydrogen (secondary N) is 1. The minimum atomic E-state index is -0.318. The summed E-state index contributed by atoms with van der Waals surface area (Å²) < 4.78 is 11.4. The zero-order chi connectivity index (χ0) is 22.1. The average molecular weight is 418 g/mol. The van der Waals surface area contributed by atoms with Crippen LogP contribution in [0.5, 0.6) is 11.5 Å². The van der Waals surface area contributed by atoms with Crippen molar-refractivity contribution in [3.8, 4) is 11.5 Å². The molecule has 0 aliphatic rings. The zero-order valence-corrected chi connectivity index (χ0v) is 17.8. The number of aliphatic hydroxyl groups is 1. The van der Waals surface area contributed by atoms with Crippen LogP contribution in [0.2, 0.25) is 0 Å². The first-order chi connectivity index (χ1) is 15.1. The number of benzene rings is 3. The van der Waals surface area contributed by atoms with Crippen molar-refractivity contribution in [2.24, 2.45) is 0 Å². The number of aliphatic hydroxyl groups excluding tert-OH is 1. The van der Waals surface area contributed by atoms with Gasteiger partial charge in [0.05, 0.1) is 18.9 Å². The summed E-state index contributed by atoms with van der Waals surface area (Å²) in [5.74, 6) is 1.00. The summed E-state index contributed by atoms with van der Waals surface area (Å²) >= 11 is 0. The Labute approximate surface area is 183 Å². The maximum atomic E-state index is 12.5. The molecule has 0 saturated heterocycles. The van der Waals surface area contributed by atoms with Gasteiger partial charge in [-0.3, -0.25) is 4.79 Å². The number of hydrogen-bond donors (Lipinski definition) is 2. The molecular formula is C26H27NO4. The Morgan fingerprint density at radius 3 is 2.39 bits per heavy atom. The number of carbonyl (C=O) groups is 1. The number of rotatable bonds is 9. The molecule has 2 N–H and O–H groups in total. The second-order valence-electron chi connectivity index (χ2n) is 7.17. The molecule has 0 radical (unpaired) electrons. The number of hydrogen-bond acceptors (Lipinski definition) is 4. The van der Waals surface area contributed by atoms with Gasteiger partial charge < -0.3 is 19.9 Å². The Morgan fingerprint density at radius 2 is 1.71 bits per heavy atom.